The third-order valence-corrected chi connectivity index (χ3v) is 6.98. The molecular formula is C26H28F2N5O3. The van der Waals surface area contributed by atoms with Crippen molar-refractivity contribution in [2.24, 2.45) is 0 Å². The third kappa shape index (κ3) is 4.27. The number of hydrogen-bond acceptors (Lipinski definition) is 6. The fourth-order valence-electron chi connectivity index (χ4n) is 5.28. The highest BCUT2D eigenvalue weighted by molar-refractivity contribution is 5.80. The van der Waals surface area contributed by atoms with Crippen LogP contribution in [0.4, 0.5) is 14.6 Å². The molecule has 4 heterocycles. The van der Waals surface area contributed by atoms with E-state index in [4.69, 9.17) is 14.2 Å². The Balaban J connectivity index is 1.30. The largest absolute Gasteiger partial charge is 0.345 e. The lowest BCUT2D eigenvalue weighted by Gasteiger charge is -2.25. The summed E-state index contributed by atoms with van der Waals surface area (Å²) in [5.41, 5.74) is 1.46. The highest BCUT2D eigenvalue weighted by Gasteiger charge is 2.55. The Labute approximate surface area is 207 Å². The van der Waals surface area contributed by atoms with Crippen molar-refractivity contribution < 1.29 is 23.0 Å². The summed E-state index contributed by atoms with van der Waals surface area (Å²) >= 11 is 0. The van der Waals surface area contributed by atoms with Gasteiger partial charge in [0, 0.05) is 5.56 Å². The lowest BCUT2D eigenvalue weighted by atomic mass is 9.93. The van der Waals surface area contributed by atoms with Gasteiger partial charge in [0.2, 0.25) is 0 Å². The number of aromatic nitrogens is 4. The molecule has 3 aromatic rings. The van der Waals surface area contributed by atoms with Crippen molar-refractivity contribution >= 4 is 23.1 Å². The summed E-state index contributed by atoms with van der Waals surface area (Å²) in [7, 11) is 0. The molecule has 2 aliphatic heterocycles. The van der Waals surface area contributed by atoms with E-state index in [0.29, 0.717) is 35.4 Å². The van der Waals surface area contributed by atoms with Crippen LogP contribution in [0.5, 0.6) is 0 Å². The molecule has 1 aliphatic carbocycles. The maximum absolute atomic E-state index is 14.4. The second-order valence-corrected chi connectivity index (χ2v) is 9.95. The van der Waals surface area contributed by atoms with Crippen LogP contribution in [0.3, 0.4) is 0 Å². The second-order valence-electron chi connectivity index (χ2n) is 9.95. The van der Waals surface area contributed by atoms with Crippen LogP contribution in [0.1, 0.15) is 51.3 Å². The monoisotopic (exact) mass is 496 g/mol. The van der Waals surface area contributed by atoms with E-state index in [-0.39, 0.29) is 5.82 Å². The van der Waals surface area contributed by atoms with Gasteiger partial charge in [-0.3, -0.25) is 9.88 Å². The third-order valence-electron chi connectivity index (χ3n) is 6.98. The quantitative estimate of drug-likeness (QED) is 0.513. The van der Waals surface area contributed by atoms with Crippen molar-refractivity contribution in [1.29, 1.82) is 0 Å². The Morgan fingerprint density at radius 2 is 1.89 bits per heavy atom. The van der Waals surface area contributed by atoms with E-state index in [1.54, 1.807) is 41.2 Å². The van der Waals surface area contributed by atoms with Gasteiger partial charge in [0.05, 0.1) is 12.4 Å². The molecular weight excluding hydrogens is 468 g/mol. The molecule has 0 bridgehead atoms. The normalized spacial score (nSPS) is 31.8. The van der Waals surface area contributed by atoms with Crippen molar-refractivity contribution in [2.75, 3.05) is 0 Å². The minimum Gasteiger partial charge on any atom is -0.345 e. The summed E-state index contributed by atoms with van der Waals surface area (Å²) in [5, 5.41) is 4.60. The summed E-state index contributed by atoms with van der Waals surface area (Å²) in [4.78, 5) is 13.2. The van der Waals surface area contributed by atoms with Crippen LogP contribution < -0.4 is 5.32 Å². The van der Waals surface area contributed by atoms with E-state index < -0.39 is 42.5 Å². The average molecular weight is 497 g/mol. The van der Waals surface area contributed by atoms with E-state index in [2.05, 4.69) is 20.3 Å². The molecule has 1 radical (unpaired) electrons. The molecule has 1 aromatic carbocycles. The van der Waals surface area contributed by atoms with Gasteiger partial charge in [0.25, 0.3) is 0 Å². The minimum atomic E-state index is -0.974. The van der Waals surface area contributed by atoms with Crippen LogP contribution in [0.15, 0.2) is 43.0 Å². The molecule has 36 heavy (non-hydrogen) atoms. The van der Waals surface area contributed by atoms with Crippen LogP contribution >= 0.6 is 0 Å². The number of hydrogen-bond donors (Lipinski definition) is 0. The van der Waals surface area contributed by atoms with Gasteiger partial charge >= 0.3 is 0 Å². The van der Waals surface area contributed by atoms with Gasteiger partial charge < -0.3 is 14.2 Å². The SMILES string of the molecule is CC1(C)O[C@@H]2[C@H](O1)[C@@H](C=Cc1ccccc1F)O[C@H]2n1cnc2c([N]C3CCCCC3F)ncnc21. The van der Waals surface area contributed by atoms with Crippen LogP contribution in [0, 0.1) is 5.82 Å². The molecule has 1 saturated carbocycles. The highest BCUT2D eigenvalue weighted by atomic mass is 19.1. The maximum Gasteiger partial charge on any atom is 0.179 e. The molecule has 0 amide bonds. The molecule has 8 nitrogen and oxygen atoms in total. The Morgan fingerprint density at radius 3 is 2.72 bits per heavy atom. The fraction of sp³-hybridized carbons (Fsp3) is 0.500. The van der Waals surface area contributed by atoms with Crippen LogP contribution in [-0.4, -0.2) is 55.8 Å². The number of halogens is 2. The number of fused-ring (bicyclic) bond motifs is 2. The molecule has 6 rings (SSSR count). The number of nitrogens with zero attached hydrogens (tertiary/aromatic N) is 5. The summed E-state index contributed by atoms with van der Waals surface area (Å²) in [6.45, 7) is 3.70. The zero-order valence-electron chi connectivity index (χ0n) is 20.1. The van der Waals surface area contributed by atoms with Gasteiger partial charge in [-0.2, -0.15) is 0 Å². The smallest absolute Gasteiger partial charge is 0.179 e. The molecule has 2 saturated heterocycles. The topological polar surface area (TPSA) is 85.4 Å². The lowest BCUT2D eigenvalue weighted by molar-refractivity contribution is -0.191. The summed E-state index contributed by atoms with van der Waals surface area (Å²) in [6.07, 6.45) is 6.64. The second kappa shape index (κ2) is 9.17. The Kier molecular flexibility index (Phi) is 5.97. The summed E-state index contributed by atoms with van der Waals surface area (Å²) in [5.74, 6) is -0.752. The average Bonchev–Trinajstić information content (AvgIpc) is 3.51. The molecule has 0 spiro atoms. The van der Waals surface area contributed by atoms with Crippen LogP contribution in [-0.2, 0) is 14.2 Å². The van der Waals surface area contributed by atoms with Gasteiger partial charge in [0.15, 0.2) is 29.0 Å². The summed E-state index contributed by atoms with van der Waals surface area (Å²) in [6, 6.07) is 6.12. The predicted octanol–water partition coefficient (Wildman–Crippen LogP) is 4.61. The number of ether oxygens (including phenoxy) is 3. The first-order chi connectivity index (χ1) is 17.4. The van der Waals surface area contributed by atoms with Gasteiger partial charge in [0.1, 0.15) is 36.6 Å². The first-order valence-corrected chi connectivity index (χ1v) is 12.4. The Morgan fingerprint density at radius 1 is 1.08 bits per heavy atom. The fourth-order valence-corrected chi connectivity index (χ4v) is 5.28. The Bertz CT molecular complexity index is 1280. The van der Waals surface area contributed by atoms with Crippen LogP contribution in [0.25, 0.3) is 17.2 Å². The van der Waals surface area contributed by atoms with Gasteiger partial charge in [-0.05, 0) is 32.8 Å². The molecule has 3 fully saturated rings. The molecule has 0 N–H and O–H groups in total. The standard InChI is InChI=1S/C26H28F2N5O3/c1-26(2)35-21-19(12-11-15-7-3-4-8-16(15)27)34-25(22(21)36-26)33-14-31-20-23(29-13-30-24(20)33)32-18-10-6-5-9-17(18)28/h3-4,7-8,11-14,17-19,21-22,25H,5-6,9-10H2,1-2H3/t17?,18?,19-,21-,22-,25-/m1/s1. The zero-order valence-corrected chi connectivity index (χ0v) is 20.1. The first kappa shape index (κ1) is 23.4. The number of rotatable bonds is 5. The predicted molar refractivity (Wildman–Crippen MR) is 127 cm³/mol. The van der Waals surface area contributed by atoms with E-state index in [9.17, 15) is 8.78 Å². The van der Waals surface area contributed by atoms with Gasteiger partial charge in [-0.15, -0.1) is 0 Å². The molecule has 3 aliphatic rings. The van der Waals surface area contributed by atoms with Crippen molar-refractivity contribution in [1.82, 2.24) is 24.8 Å². The van der Waals surface area contributed by atoms with Crippen molar-refractivity contribution in [3.63, 3.8) is 0 Å². The van der Waals surface area contributed by atoms with Gasteiger partial charge in [-0.25, -0.2) is 23.7 Å². The van der Waals surface area contributed by atoms with Crippen LogP contribution in [0.2, 0.25) is 0 Å². The molecule has 2 unspecified atom stereocenters. The Hall–Kier alpha value is -2.95. The number of imidazole rings is 1. The zero-order chi connectivity index (χ0) is 24.9. The molecule has 10 heteroatoms. The van der Waals surface area contributed by atoms with E-state index in [1.165, 1.54) is 12.4 Å². The highest BCUT2D eigenvalue weighted by Crippen LogP contribution is 2.44. The van der Waals surface area contributed by atoms with E-state index >= 15 is 0 Å². The van der Waals surface area contributed by atoms with Gasteiger partial charge in [-0.1, -0.05) is 43.2 Å². The molecule has 189 valence electrons. The number of alkyl halides is 1. The molecule has 2 aromatic heterocycles. The van der Waals surface area contributed by atoms with Crippen molar-refractivity contribution in [2.45, 2.75) is 82.1 Å². The summed E-state index contributed by atoms with van der Waals surface area (Å²) < 4.78 is 49.1. The first-order valence-electron chi connectivity index (χ1n) is 12.4. The van der Waals surface area contributed by atoms with Crippen molar-refractivity contribution in [3.05, 3.63) is 54.4 Å². The van der Waals surface area contributed by atoms with Crippen molar-refractivity contribution in [3.8, 4) is 0 Å². The van der Waals surface area contributed by atoms with E-state index in [1.807, 2.05) is 13.8 Å². The maximum atomic E-state index is 14.4. The minimum absolute atomic E-state index is 0.314. The lowest BCUT2D eigenvalue weighted by Crippen LogP contribution is -2.33. The molecule has 6 atom stereocenters. The van der Waals surface area contributed by atoms with E-state index in [0.717, 1.165) is 12.8 Å². The number of benzene rings is 1.